The van der Waals surface area contributed by atoms with Gasteiger partial charge in [0, 0.05) is 6.54 Å². The molecule has 0 radical (unpaired) electrons. The lowest BCUT2D eigenvalue weighted by Crippen LogP contribution is -2.29. The van der Waals surface area contributed by atoms with Crippen LogP contribution in [0.1, 0.15) is 11.1 Å². The predicted molar refractivity (Wildman–Crippen MR) is 89.5 cm³/mol. The Hall–Kier alpha value is -2.20. The highest BCUT2D eigenvalue weighted by atomic mass is 35.5. The summed E-state index contributed by atoms with van der Waals surface area (Å²) in [5.74, 6) is 0.677. The number of amides is 1. The molecule has 5 heteroatoms. The molecule has 0 aliphatic carbocycles. The minimum atomic E-state index is -0.0977. The number of rotatable bonds is 6. The molecular formula is C17H19ClN2O2. The molecule has 0 atom stereocenters. The van der Waals surface area contributed by atoms with Gasteiger partial charge in [0.05, 0.1) is 24.4 Å². The van der Waals surface area contributed by atoms with E-state index in [1.807, 2.05) is 49.4 Å². The predicted octanol–water partition coefficient (Wildman–Crippen LogP) is 3.39. The smallest absolute Gasteiger partial charge is 0.239 e. The summed E-state index contributed by atoms with van der Waals surface area (Å²) in [5.41, 5.74) is 2.82. The van der Waals surface area contributed by atoms with Gasteiger partial charge in [0.15, 0.2) is 0 Å². The number of ether oxygens (including phenoxy) is 1. The zero-order valence-corrected chi connectivity index (χ0v) is 13.4. The lowest BCUT2D eigenvalue weighted by Gasteiger charge is -2.10. The molecule has 0 fully saturated rings. The quantitative estimate of drug-likeness (QED) is 0.858. The maximum absolute atomic E-state index is 11.9. The Labute approximate surface area is 135 Å². The third-order valence-corrected chi connectivity index (χ3v) is 3.50. The third kappa shape index (κ3) is 4.67. The highest BCUT2D eigenvalue weighted by Crippen LogP contribution is 2.22. The molecule has 1 amide bonds. The first kappa shape index (κ1) is 16.2. The summed E-state index contributed by atoms with van der Waals surface area (Å²) in [7, 11) is 1.62. The van der Waals surface area contributed by atoms with Crippen LogP contribution >= 0.6 is 11.6 Å². The molecule has 0 saturated carbocycles. The van der Waals surface area contributed by atoms with Crippen molar-refractivity contribution in [2.45, 2.75) is 13.5 Å². The normalized spacial score (nSPS) is 10.1. The van der Waals surface area contributed by atoms with Crippen molar-refractivity contribution in [1.29, 1.82) is 0 Å². The fraction of sp³-hybridized carbons (Fsp3) is 0.235. The van der Waals surface area contributed by atoms with Crippen molar-refractivity contribution in [3.8, 4) is 5.75 Å². The maximum atomic E-state index is 11.9. The third-order valence-electron chi connectivity index (χ3n) is 3.19. The molecule has 2 aromatic rings. The van der Waals surface area contributed by atoms with Crippen LogP contribution in [0.4, 0.5) is 5.69 Å². The summed E-state index contributed by atoms with van der Waals surface area (Å²) in [6, 6.07) is 13.3. The molecule has 0 aliphatic rings. The van der Waals surface area contributed by atoms with Crippen LogP contribution in [0, 0.1) is 6.92 Å². The van der Waals surface area contributed by atoms with Crippen LogP contribution in [0.25, 0.3) is 0 Å². The number of hydrogen-bond acceptors (Lipinski definition) is 3. The van der Waals surface area contributed by atoms with Gasteiger partial charge < -0.3 is 15.4 Å². The Kier molecular flexibility index (Phi) is 5.67. The van der Waals surface area contributed by atoms with Crippen molar-refractivity contribution < 1.29 is 9.53 Å². The van der Waals surface area contributed by atoms with E-state index in [-0.39, 0.29) is 12.5 Å². The first-order chi connectivity index (χ1) is 10.6. The Morgan fingerprint density at radius 3 is 2.77 bits per heavy atom. The van der Waals surface area contributed by atoms with Crippen LogP contribution in [-0.4, -0.2) is 19.6 Å². The van der Waals surface area contributed by atoms with E-state index in [9.17, 15) is 4.79 Å². The van der Waals surface area contributed by atoms with Gasteiger partial charge in [0.2, 0.25) is 5.91 Å². The fourth-order valence-corrected chi connectivity index (χ4v) is 2.29. The first-order valence-corrected chi connectivity index (χ1v) is 7.36. The summed E-state index contributed by atoms with van der Waals surface area (Å²) in [6.07, 6.45) is 0. The van der Waals surface area contributed by atoms with E-state index >= 15 is 0 Å². The molecule has 2 aromatic carbocycles. The average Bonchev–Trinajstić information content (AvgIpc) is 2.52. The second-order valence-electron chi connectivity index (χ2n) is 4.97. The first-order valence-electron chi connectivity index (χ1n) is 6.98. The van der Waals surface area contributed by atoms with Gasteiger partial charge >= 0.3 is 0 Å². The number of carbonyl (C=O) groups excluding carboxylic acids is 1. The number of anilines is 1. The van der Waals surface area contributed by atoms with E-state index in [2.05, 4.69) is 10.6 Å². The second-order valence-corrected chi connectivity index (χ2v) is 5.37. The molecule has 22 heavy (non-hydrogen) atoms. The molecule has 0 aromatic heterocycles. The van der Waals surface area contributed by atoms with Crippen molar-refractivity contribution in [3.05, 3.63) is 58.6 Å². The Bertz CT molecular complexity index is 659. The molecular weight excluding hydrogens is 300 g/mol. The highest BCUT2D eigenvalue weighted by Gasteiger charge is 2.04. The molecule has 0 aliphatic heterocycles. The van der Waals surface area contributed by atoms with Crippen molar-refractivity contribution in [1.82, 2.24) is 5.32 Å². The van der Waals surface area contributed by atoms with E-state index in [4.69, 9.17) is 16.3 Å². The van der Waals surface area contributed by atoms with Crippen molar-refractivity contribution in [3.63, 3.8) is 0 Å². The fourth-order valence-electron chi connectivity index (χ4n) is 1.98. The number of hydrogen-bond donors (Lipinski definition) is 2. The van der Waals surface area contributed by atoms with Gasteiger partial charge in [-0.2, -0.15) is 0 Å². The Balaban J connectivity index is 1.82. The number of nitrogens with one attached hydrogen (secondary N) is 2. The second kappa shape index (κ2) is 7.71. The van der Waals surface area contributed by atoms with Gasteiger partial charge in [-0.15, -0.1) is 0 Å². The molecule has 0 heterocycles. The van der Waals surface area contributed by atoms with Gasteiger partial charge in [-0.1, -0.05) is 29.8 Å². The minimum Gasteiger partial charge on any atom is -0.497 e. The van der Waals surface area contributed by atoms with E-state index in [1.54, 1.807) is 7.11 Å². The van der Waals surface area contributed by atoms with Crippen molar-refractivity contribution in [2.75, 3.05) is 19.0 Å². The summed E-state index contributed by atoms with van der Waals surface area (Å²) in [5, 5.41) is 6.49. The molecule has 4 nitrogen and oxygen atoms in total. The zero-order valence-electron chi connectivity index (χ0n) is 12.7. The molecule has 116 valence electrons. The standard InChI is InChI=1S/C17H19ClN2O2/c1-12-6-7-16(15(18)8-12)19-11-17(21)20-10-13-4-3-5-14(9-13)22-2/h3-9,19H,10-11H2,1-2H3,(H,20,21). The Morgan fingerprint density at radius 2 is 2.05 bits per heavy atom. The molecule has 2 N–H and O–H groups in total. The van der Waals surface area contributed by atoms with E-state index in [0.717, 1.165) is 22.6 Å². The lowest BCUT2D eigenvalue weighted by atomic mass is 10.2. The molecule has 2 rings (SSSR count). The van der Waals surface area contributed by atoms with E-state index in [1.165, 1.54) is 0 Å². The number of benzene rings is 2. The van der Waals surface area contributed by atoms with Crippen molar-refractivity contribution in [2.24, 2.45) is 0 Å². The van der Waals surface area contributed by atoms with Gasteiger partial charge in [0.25, 0.3) is 0 Å². The topological polar surface area (TPSA) is 50.4 Å². The molecule has 0 saturated heterocycles. The SMILES string of the molecule is COc1cccc(CNC(=O)CNc2ccc(C)cc2Cl)c1. The number of carbonyl (C=O) groups is 1. The van der Waals surface area contributed by atoms with Crippen LogP contribution in [0.2, 0.25) is 5.02 Å². The largest absolute Gasteiger partial charge is 0.497 e. The zero-order chi connectivity index (χ0) is 15.9. The van der Waals surface area contributed by atoms with Gasteiger partial charge in [-0.25, -0.2) is 0 Å². The molecule has 0 unspecified atom stereocenters. The van der Waals surface area contributed by atoms with Crippen LogP contribution < -0.4 is 15.4 Å². The van der Waals surface area contributed by atoms with E-state index < -0.39 is 0 Å². The van der Waals surface area contributed by atoms with Crippen LogP contribution in [-0.2, 0) is 11.3 Å². The number of aryl methyl sites for hydroxylation is 1. The minimum absolute atomic E-state index is 0.0977. The molecule has 0 spiro atoms. The van der Waals surface area contributed by atoms with Crippen LogP contribution in [0.5, 0.6) is 5.75 Å². The van der Waals surface area contributed by atoms with Gasteiger partial charge in [-0.3, -0.25) is 4.79 Å². The summed E-state index contributed by atoms with van der Waals surface area (Å²) in [6.45, 7) is 2.60. The van der Waals surface area contributed by atoms with Crippen LogP contribution in [0.15, 0.2) is 42.5 Å². The lowest BCUT2D eigenvalue weighted by molar-refractivity contribution is -0.119. The van der Waals surface area contributed by atoms with Crippen molar-refractivity contribution >= 4 is 23.2 Å². The number of halogens is 1. The summed E-state index contributed by atoms with van der Waals surface area (Å²) in [4.78, 5) is 11.9. The number of methoxy groups -OCH3 is 1. The highest BCUT2D eigenvalue weighted by molar-refractivity contribution is 6.33. The molecule has 0 bridgehead atoms. The van der Waals surface area contributed by atoms with Gasteiger partial charge in [0.1, 0.15) is 5.75 Å². The average molecular weight is 319 g/mol. The van der Waals surface area contributed by atoms with Crippen LogP contribution in [0.3, 0.4) is 0 Å². The summed E-state index contributed by atoms with van der Waals surface area (Å²) < 4.78 is 5.15. The van der Waals surface area contributed by atoms with E-state index in [0.29, 0.717) is 11.6 Å². The summed E-state index contributed by atoms with van der Waals surface area (Å²) >= 11 is 6.11. The monoisotopic (exact) mass is 318 g/mol. The maximum Gasteiger partial charge on any atom is 0.239 e. The Morgan fingerprint density at radius 1 is 1.23 bits per heavy atom. The van der Waals surface area contributed by atoms with Gasteiger partial charge in [-0.05, 0) is 42.3 Å².